The van der Waals surface area contributed by atoms with Crippen LogP contribution in [0, 0.1) is 0 Å². The van der Waals surface area contributed by atoms with Crippen molar-refractivity contribution in [2.24, 2.45) is 0 Å². The molecule has 1 amide bonds. The molecule has 0 radical (unpaired) electrons. The number of benzene rings is 1. The molecule has 1 aromatic heterocycles. The van der Waals surface area contributed by atoms with Gasteiger partial charge in [-0.2, -0.15) is 0 Å². The standard InChI is InChI=1S/C21H29N5O2/c1-28-19-10-4-6-16(12-19)13-25-11-5-9-18(14-25)26-15-20(23-24-26)21(27)22-17-7-2-3-8-17/h4,6,10,12,15,17-18H,2-3,5,7-9,11,13-14H2,1H3,(H,22,27). The fourth-order valence-electron chi connectivity index (χ4n) is 4.31. The minimum Gasteiger partial charge on any atom is -0.497 e. The van der Waals surface area contributed by atoms with Crippen LogP contribution in [-0.4, -0.2) is 52.0 Å². The number of hydrogen-bond acceptors (Lipinski definition) is 5. The molecular formula is C21H29N5O2. The van der Waals surface area contributed by atoms with Crippen molar-refractivity contribution >= 4 is 5.91 Å². The number of carbonyl (C=O) groups excluding carboxylic acids is 1. The van der Waals surface area contributed by atoms with Crippen LogP contribution in [0.4, 0.5) is 0 Å². The van der Waals surface area contributed by atoms with Crippen LogP contribution in [0.2, 0.25) is 0 Å². The lowest BCUT2D eigenvalue weighted by atomic mass is 10.0. The van der Waals surface area contributed by atoms with Gasteiger partial charge in [-0.15, -0.1) is 5.10 Å². The largest absolute Gasteiger partial charge is 0.497 e. The highest BCUT2D eigenvalue weighted by atomic mass is 16.5. The Balaban J connectivity index is 1.36. The first-order valence-electron chi connectivity index (χ1n) is 10.3. The summed E-state index contributed by atoms with van der Waals surface area (Å²) in [4.78, 5) is 14.8. The van der Waals surface area contributed by atoms with Crippen molar-refractivity contribution in [1.82, 2.24) is 25.2 Å². The Morgan fingerprint density at radius 1 is 1.25 bits per heavy atom. The van der Waals surface area contributed by atoms with Gasteiger partial charge in [0.1, 0.15) is 5.75 Å². The number of rotatable bonds is 6. The predicted octanol–water partition coefficient (Wildman–Crippen LogP) is 2.80. The molecule has 0 spiro atoms. The third kappa shape index (κ3) is 4.52. The summed E-state index contributed by atoms with van der Waals surface area (Å²) >= 11 is 0. The van der Waals surface area contributed by atoms with E-state index in [-0.39, 0.29) is 11.9 Å². The number of nitrogens with zero attached hydrogens (tertiary/aromatic N) is 4. The summed E-state index contributed by atoms with van der Waals surface area (Å²) in [5.41, 5.74) is 1.67. The van der Waals surface area contributed by atoms with Crippen LogP contribution in [0.5, 0.6) is 5.75 Å². The van der Waals surface area contributed by atoms with Crippen LogP contribution in [0.3, 0.4) is 0 Å². The smallest absolute Gasteiger partial charge is 0.273 e. The van der Waals surface area contributed by atoms with Crippen LogP contribution < -0.4 is 10.1 Å². The molecule has 1 aromatic carbocycles. The van der Waals surface area contributed by atoms with Crippen molar-refractivity contribution in [2.75, 3.05) is 20.2 Å². The summed E-state index contributed by atoms with van der Waals surface area (Å²) in [5.74, 6) is 0.794. The van der Waals surface area contributed by atoms with E-state index in [9.17, 15) is 4.79 Å². The Labute approximate surface area is 166 Å². The summed E-state index contributed by atoms with van der Waals surface area (Å²) in [5, 5.41) is 11.5. The maximum Gasteiger partial charge on any atom is 0.273 e. The third-order valence-corrected chi connectivity index (χ3v) is 5.83. The molecule has 2 heterocycles. The molecule has 1 aliphatic carbocycles. The van der Waals surface area contributed by atoms with Gasteiger partial charge in [-0.25, -0.2) is 4.68 Å². The van der Waals surface area contributed by atoms with Gasteiger partial charge in [0.15, 0.2) is 5.69 Å². The molecule has 0 bridgehead atoms. The normalized spacial score (nSPS) is 21.0. The van der Waals surface area contributed by atoms with E-state index in [1.807, 2.05) is 23.0 Å². The van der Waals surface area contributed by atoms with Crippen molar-refractivity contribution in [3.05, 3.63) is 41.7 Å². The van der Waals surface area contributed by atoms with E-state index >= 15 is 0 Å². The van der Waals surface area contributed by atoms with E-state index < -0.39 is 0 Å². The Hall–Kier alpha value is -2.41. The highest BCUT2D eigenvalue weighted by Crippen LogP contribution is 2.23. The van der Waals surface area contributed by atoms with Crippen molar-refractivity contribution in [1.29, 1.82) is 0 Å². The number of aromatic nitrogens is 3. The second-order valence-corrected chi connectivity index (χ2v) is 7.92. The van der Waals surface area contributed by atoms with E-state index in [0.29, 0.717) is 11.7 Å². The highest BCUT2D eigenvalue weighted by molar-refractivity contribution is 5.92. The number of likely N-dealkylation sites (tertiary alicyclic amines) is 1. The van der Waals surface area contributed by atoms with Crippen LogP contribution in [0.1, 0.15) is 60.6 Å². The number of hydrogen-bond donors (Lipinski definition) is 1. The van der Waals surface area contributed by atoms with Crippen molar-refractivity contribution < 1.29 is 9.53 Å². The second-order valence-electron chi connectivity index (χ2n) is 7.92. The summed E-state index contributed by atoms with van der Waals surface area (Å²) in [6.45, 7) is 2.86. The minimum absolute atomic E-state index is 0.0952. The Morgan fingerprint density at radius 2 is 2.11 bits per heavy atom. The average molecular weight is 383 g/mol. The maximum atomic E-state index is 12.4. The molecular weight excluding hydrogens is 354 g/mol. The predicted molar refractivity (Wildman–Crippen MR) is 106 cm³/mol. The van der Waals surface area contributed by atoms with Gasteiger partial charge in [-0.1, -0.05) is 30.2 Å². The molecule has 2 aromatic rings. The van der Waals surface area contributed by atoms with Gasteiger partial charge in [-0.3, -0.25) is 9.69 Å². The number of piperidine rings is 1. The molecule has 4 rings (SSSR count). The lowest BCUT2D eigenvalue weighted by molar-refractivity contribution is 0.0932. The van der Waals surface area contributed by atoms with E-state index in [2.05, 4.69) is 32.7 Å². The highest BCUT2D eigenvalue weighted by Gasteiger charge is 2.25. The van der Waals surface area contributed by atoms with Gasteiger partial charge >= 0.3 is 0 Å². The van der Waals surface area contributed by atoms with Crippen LogP contribution >= 0.6 is 0 Å². The maximum absolute atomic E-state index is 12.4. The average Bonchev–Trinajstić information content (AvgIpc) is 3.40. The monoisotopic (exact) mass is 383 g/mol. The number of nitrogens with one attached hydrogen (secondary N) is 1. The summed E-state index contributed by atoms with van der Waals surface area (Å²) in [6, 6.07) is 8.77. The first-order valence-corrected chi connectivity index (χ1v) is 10.3. The second kappa shape index (κ2) is 8.73. The number of ether oxygens (including phenoxy) is 1. The van der Waals surface area contributed by atoms with Crippen LogP contribution in [-0.2, 0) is 6.54 Å². The first kappa shape index (κ1) is 18.9. The van der Waals surface area contributed by atoms with Crippen molar-refractivity contribution in [3.8, 4) is 5.75 Å². The quantitative estimate of drug-likeness (QED) is 0.830. The van der Waals surface area contributed by atoms with Gasteiger partial charge in [0.25, 0.3) is 5.91 Å². The SMILES string of the molecule is COc1cccc(CN2CCCC(n3cc(C(=O)NC4CCCC4)nn3)C2)c1. The fourth-order valence-corrected chi connectivity index (χ4v) is 4.31. The first-order chi connectivity index (χ1) is 13.7. The Kier molecular flexibility index (Phi) is 5.90. The summed E-state index contributed by atoms with van der Waals surface area (Å²) in [6.07, 6.45) is 8.51. The zero-order valence-electron chi connectivity index (χ0n) is 16.5. The van der Waals surface area contributed by atoms with Gasteiger partial charge in [0, 0.05) is 19.1 Å². The van der Waals surface area contributed by atoms with E-state index in [1.165, 1.54) is 18.4 Å². The van der Waals surface area contributed by atoms with E-state index in [4.69, 9.17) is 4.74 Å². The van der Waals surface area contributed by atoms with Gasteiger partial charge < -0.3 is 10.1 Å². The molecule has 28 heavy (non-hydrogen) atoms. The molecule has 7 heteroatoms. The lowest BCUT2D eigenvalue weighted by Crippen LogP contribution is -2.36. The number of carbonyl (C=O) groups is 1. The number of amides is 1. The molecule has 1 aliphatic heterocycles. The number of methoxy groups -OCH3 is 1. The van der Waals surface area contributed by atoms with Crippen LogP contribution in [0.15, 0.2) is 30.5 Å². The topological polar surface area (TPSA) is 72.3 Å². The molecule has 1 saturated heterocycles. The molecule has 2 aliphatic rings. The van der Waals surface area contributed by atoms with Crippen molar-refractivity contribution in [2.45, 2.75) is 57.2 Å². The van der Waals surface area contributed by atoms with Crippen LogP contribution in [0.25, 0.3) is 0 Å². The van der Waals surface area contributed by atoms with E-state index in [1.54, 1.807) is 7.11 Å². The third-order valence-electron chi connectivity index (χ3n) is 5.83. The molecule has 7 nitrogen and oxygen atoms in total. The Bertz CT molecular complexity index is 800. The fraction of sp³-hybridized carbons (Fsp3) is 0.571. The summed E-state index contributed by atoms with van der Waals surface area (Å²) < 4.78 is 7.20. The summed E-state index contributed by atoms with van der Waals surface area (Å²) in [7, 11) is 1.70. The molecule has 1 unspecified atom stereocenters. The zero-order valence-corrected chi connectivity index (χ0v) is 16.5. The molecule has 1 atom stereocenters. The van der Waals surface area contributed by atoms with Gasteiger partial charge in [0.2, 0.25) is 0 Å². The van der Waals surface area contributed by atoms with Crippen molar-refractivity contribution in [3.63, 3.8) is 0 Å². The van der Waals surface area contributed by atoms with Gasteiger partial charge in [-0.05, 0) is 49.9 Å². The molecule has 1 saturated carbocycles. The van der Waals surface area contributed by atoms with Gasteiger partial charge in [0.05, 0.1) is 19.3 Å². The Morgan fingerprint density at radius 3 is 2.93 bits per heavy atom. The minimum atomic E-state index is -0.0952. The zero-order chi connectivity index (χ0) is 19.3. The van der Waals surface area contributed by atoms with E-state index in [0.717, 1.165) is 51.1 Å². The molecule has 1 N–H and O–H groups in total. The lowest BCUT2D eigenvalue weighted by Gasteiger charge is -2.32. The molecule has 2 fully saturated rings. The molecule has 150 valence electrons.